The Labute approximate surface area is 194 Å². The first-order chi connectivity index (χ1) is 16.1. The Morgan fingerprint density at radius 2 is 1.94 bits per heavy atom. The van der Waals surface area contributed by atoms with Gasteiger partial charge < -0.3 is 38.0 Å². The van der Waals surface area contributed by atoms with Crippen molar-refractivity contribution in [2.24, 2.45) is 5.16 Å². The molecule has 2 aromatic rings. The molecule has 1 aromatic carbocycles. The zero-order chi connectivity index (χ0) is 24.8. The lowest BCUT2D eigenvalue weighted by molar-refractivity contribution is -0.272. The third-order valence-corrected chi connectivity index (χ3v) is 6.03. The topological polar surface area (TPSA) is 135 Å². The molecular formula is C23H25NO10. The minimum Gasteiger partial charge on any atom is -0.506 e. The van der Waals surface area contributed by atoms with Gasteiger partial charge >= 0.3 is 11.8 Å². The molecule has 0 spiro atoms. The van der Waals surface area contributed by atoms with Crippen LogP contribution in [0.15, 0.2) is 39.2 Å². The van der Waals surface area contributed by atoms with E-state index in [4.69, 9.17) is 32.9 Å². The Bertz CT molecular complexity index is 1230. The number of methoxy groups -OCH3 is 1. The van der Waals surface area contributed by atoms with Gasteiger partial charge in [0.05, 0.1) is 11.1 Å². The van der Waals surface area contributed by atoms with Crippen LogP contribution in [0.25, 0.3) is 11.0 Å². The summed E-state index contributed by atoms with van der Waals surface area (Å²) in [5, 5.41) is 14.7. The Kier molecular flexibility index (Phi) is 6.00. The Hall–Kier alpha value is -3.57. The molecule has 11 heteroatoms. The SMILES string of the molecule is C=C[C@]1(C)OC(Oc2ccc3c(O)c(/C(C)=N\OC)c(=O)oc3c2C)[C@@H]2OC(=O)O[C@@H]2[C@H]1OC. The Balaban J connectivity index is 1.75. The van der Waals surface area contributed by atoms with Crippen LogP contribution in [0.3, 0.4) is 0 Å². The molecule has 2 fully saturated rings. The number of aromatic hydroxyl groups is 1. The Morgan fingerprint density at radius 3 is 2.59 bits per heavy atom. The highest BCUT2D eigenvalue weighted by Crippen LogP contribution is 2.41. The largest absolute Gasteiger partial charge is 0.509 e. The number of benzene rings is 1. The van der Waals surface area contributed by atoms with Gasteiger partial charge in [0.25, 0.3) is 0 Å². The summed E-state index contributed by atoms with van der Waals surface area (Å²) in [7, 11) is 2.79. The maximum Gasteiger partial charge on any atom is 0.509 e. The van der Waals surface area contributed by atoms with Gasteiger partial charge in [-0.15, -0.1) is 6.58 Å². The van der Waals surface area contributed by atoms with Gasteiger partial charge in [-0.2, -0.15) is 0 Å². The fourth-order valence-corrected chi connectivity index (χ4v) is 4.28. The molecule has 5 atom stereocenters. The quantitative estimate of drug-likeness (QED) is 0.218. The van der Waals surface area contributed by atoms with Gasteiger partial charge in [-0.3, -0.25) is 0 Å². The van der Waals surface area contributed by atoms with Gasteiger partial charge in [-0.1, -0.05) is 11.2 Å². The summed E-state index contributed by atoms with van der Waals surface area (Å²) in [6.07, 6.45) is -2.81. The molecule has 1 N–H and O–H groups in total. The Morgan fingerprint density at radius 1 is 1.24 bits per heavy atom. The minimum atomic E-state index is -1.09. The van der Waals surface area contributed by atoms with Gasteiger partial charge in [0.1, 0.15) is 41.5 Å². The minimum absolute atomic E-state index is 0.108. The van der Waals surface area contributed by atoms with Gasteiger partial charge in [0.2, 0.25) is 12.4 Å². The molecule has 34 heavy (non-hydrogen) atoms. The molecule has 0 saturated carbocycles. The van der Waals surface area contributed by atoms with Crippen molar-refractivity contribution in [3.8, 4) is 11.5 Å². The third-order valence-electron chi connectivity index (χ3n) is 6.03. The number of nitrogens with zero attached hydrogens (tertiary/aromatic N) is 1. The molecule has 2 aliphatic heterocycles. The van der Waals surface area contributed by atoms with Crippen LogP contribution in [0.4, 0.5) is 4.79 Å². The van der Waals surface area contributed by atoms with Gasteiger partial charge in [0.15, 0.2) is 6.10 Å². The van der Waals surface area contributed by atoms with E-state index < -0.39 is 42.0 Å². The number of ether oxygens (including phenoxy) is 5. The first-order valence-corrected chi connectivity index (χ1v) is 10.4. The molecule has 2 saturated heterocycles. The standard InChI is InChI=1S/C23H25NO10/c1-7-23(4)19(28-5)17-18(33-22(27)32-17)21(34-23)30-13-9-8-12-15(25)14(11(3)24-29-6)20(26)31-16(12)10(13)2/h7-9,17-19,21,25H,1H2,2-6H3/b24-11-/t17-,18+,19+,21?,23-/m0/s1. The van der Waals surface area contributed by atoms with Gasteiger partial charge in [-0.05, 0) is 32.9 Å². The summed E-state index contributed by atoms with van der Waals surface area (Å²) in [5.41, 5.74) is -1.27. The van der Waals surface area contributed by atoms with Crippen molar-refractivity contribution < 1.29 is 42.8 Å². The molecular weight excluding hydrogens is 450 g/mol. The van der Waals surface area contributed by atoms with Crippen LogP contribution in [-0.2, 0) is 23.8 Å². The molecule has 182 valence electrons. The lowest BCUT2D eigenvalue weighted by atomic mass is 9.88. The molecule has 3 heterocycles. The second-order valence-electron chi connectivity index (χ2n) is 8.10. The summed E-state index contributed by atoms with van der Waals surface area (Å²) < 4.78 is 33.8. The lowest BCUT2D eigenvalue weighted by Crippen LogP contribution is -2.63. The number of hydrogen-bond acceptors (Lipinski definition) is 11. The fourth-order valence-electron chi connectivity index (χ4n) is 4.28. The van der Waals surface area contributed by atoms with Crippen LogP contribution >= 0.6 is 0 Å². The summed E-state index contributed by atoms with van der Waals surface area (Å²) in [6, 6.07) is 3.11. The summed E-state index contributed by atoms with van der Waals surface area (Å²) >= 11 is 0. The second-order valence-corrected chi connectivity index (χ2v) is 8.10. The first-order valence-electron chi connectivity index (χ1n) is 10.4. The summed E-state index contributed by atoms with van der Waals surface area (Å²) in [5.74, 6) is -0.0208. The molecule has 0 aliphatic carbocycles. The van der Waals surface area contributed by atoms with Gasteiger partial charge in [0, 0.05) is 12.7 Å². The molecule has 1 unspecified atom stereocenters. The highest BCUT2D eigenvalue weighted by molar-refractivity contribution is 6.04. The van der Waals surface area contributed by atoms with E-state index in [1.807, 2.05) is 0 Å². The third kappa shape index (κ3) is 3.66. The normalized spacial score (nSPS) is 28.7. The molecule has 11 nitrogen and oxygen atoms in total. The van der Waals surface area contributed by atoms with E-state index in [0.717, 1.165) is 0 Å². The number of oxime groups is 1. The molecule has 1 aromatic heterocycles. The summed E-state index contributed by atoms with van der Waals surface area (Å²) in [4.78, 5) is 29.2. The van der Waals surface area contributed by atoms with Crippen LogP contribution in [0, 0.1) is 6.92 Å². The van der Waals surface area contributed by atoms with Crippen molar-refractivity contribution in [2.75, 3.05) is 14.2 Å². The van der Waals surface area contributed by atoms with Crippen LogP contribution in [0.5, 0.6) is 11.5 Å². The predicted molar refractivity (Wildman–Crippen MR) is 118 cm³/mol. The van der Waals surface area contributed by atoms with E-state index in [9.17, 15) is 14.7 Å². The highest BCUT2D eigenvalue weighted by atomic mass is 16.8. The fraction of sp³-hybridized carbons (Fsp3) is 0.435. The van der Waals surface area contributed by atoms with Crippen molar-refractivity contribution in [3.63, 3.8) is 0 Å². The van der Waals surface area contributed by atoms with E-state index in [1.54, 1.807) is 19.9 Å². The zero-order valence-electron chi connectivity index (χ0n) is 19.3. The number of aryl methyl sites for hydroxylation is 1. The van der Waals surface area contributed by atoms with E-state index in [2.05, 4.69) is 11.7 Å². The smallest absolute Gasteiger partial charge is 0.506 e. The second kappa shape index (κ2) is 8.65. The van der Waals surface area contributed by atoms with E-state index >= 15 is 0 Å². The van der Waals surface area contributed by atoms with Crippen molar-refractivity contribution in [1.82, 2.24) is 0 Å². The van der Waals surface area contributed by atoms with Crippen LogP contribution in [-0.4, -0.2) is 61.4 Å². The number of fused-ring (bicyclic) bond motifs is 2. The number of rotatable bonds is 6. The summed E-state index contributed by atoms with van der Waals surface area (Å²) in [6.45, 7) is 8.69. The molecule has 4 rings (SSSR count). The van der Waals surface area contributed by atoms with Crippen molar-refractivity contribution in [1.29, 1.82) is 0 Å². The molecule has 0 amide bonds. The number of carbonyl (C=O) groups excluding carboxylic acids is 1. The maximum absolute atomic E-state index is 12.6. The van der Waals surface area contributed by atoms with Gasteiger partial charge in [-0.25, -0.2) is 9.59 Å². The highest BCUT2D eigenvalue weighted by Gasteiger charge is 2.59. The molecule has 2 aliphatic rings. The number of carbonyl (C=O) groups is 1. The van der Waals surface area contributed by atoms with Crippen molar-refractivity contribution in [3.05, 3.63) is 46.3 Å². The predicted octanol–water partition coefficient (Wildman–Crippen LogP) is 2.78. The molecule has 0 bridgehead atoms. The van der Waals surface area contributed by atoms with E-state index in [1.165, 1.54) is 33.3 Å². The average Bonchev–Trinajstić information content (AvgIpc) is 3.17. The molecule has 0 radical (unpaired) electrons. The van der Waals surface area contributed by atoms with Crippen molar-refractivity contribution in [2.45, 2.75) is 51.0 Å². The van der Waals surface area contributed by atoms with Crippen molar-refractivity contribution >= 4 is 22.8 Å². The number of hydrogen-bond donors (Lipinski definition) is 1. The monoisotopic (exact) mass is 475 g/mol. The van der Waals surface area contributed by atoms with E-state index in [0.29, 0.717) is 5.56 Å². The average molecular weight is 475 g/mol. The lowest BCUT2D eigenvalue weighted by Gasteiger charge is -2.45. The maximum atomic E-state index is 12.6. The van der Waals surface area contributed by atoms with Crippen LogP contribution < -0.4 is 10.4 Å². The van der Waals surface area contributed by atoms with Crippen LogP contribution in [0.2, 0.25) is 0 Å². The zero-order valence-corrected chi connectivity index (χ0v) is 19.3. The first kappa shape index (κ1) is 23.6. The van der Waals surface area contributed by atoms with Crippen LogP contribution in [0.1, 0.15) is 25.0 Å². The van der Waals surface area contributed by atoms with E-state index in [-0.39, 0.29) is 33.7 Å².